The third kappa shape index (κ3) is 43.0. The molecule has 0 saturated carbocycles. The number of aldehydes is 3. The Hall–Kier alpha value is -10.7. The van der Waals surface area contributed by atoms with E-state index in [-0.39, 0.29) is 55.6 Å². The number of alkyl halides is 1. The fourth-order valence-electron chi connectivity index (χ4n) is 7.54. The molecule has 0 atom stereocenters. The number of H-pyrrole nitrogens is 1. The van der Waals surface area contributed by atoms with Crippen molar-refractivity contribution >= 4 is 47.8 Å². The molecule has 0 aliphatic rings. The second-order valence-corrected chi connectivity index (χ2v) is 23.2. The van der Waals surface area contributed by atoms with E-state index in [9.17, 15) is 9.18 Å². The van der Waals surface area contributed by atoms with Crippen molar-refractivity contribution in [1.82, 2.24) is 118 Å². The number of aliphatic hydroxyl groups is 1. The third-order valence-corrected chi connectivity index (χ3v) is 12.1. The molecule has 29 nitrogen and oxygen atoms in total. The Kier molecular flexibility index (Phi) is 61.4. The van der Waals surface area contributed by atoms with Gasteiger partial charge in [0.1, 0.15) is 39.9 Å². The molecular formula is C72H85Cl5FN24O5Os2-2. The summed E-state index contributed by atoms with van der Waals surface area (Å²) in [6, 6.07) is 39.9. The Labute approximate surface area is 676 Å². The van der Waals surface area contributed by atoms with Crippen LogP contribution >= 0.6 is 28.9 Å². The number of halogens is 6. The monoisotopic (exact) mass is 1940 g/mol. The van der Waals surface area contributed by atoms with Crippen LogP contribution in [0.25, 0.3) is 69.1 Å². The van der Waals surface area contributed by atoms with Crippen molar-refractivity contribution in [3.63, 3.8) is 0 Å². The van der Waals surface area contributed by atoms with E-state index < -0.39 is 22.6 Å². The van der Waals surface area contributed by atoms with Gasteiger partial charge >= 0.3 is 61.9 Å². The van der Waals surface area contributed by atoms with E-state index in [1.54, 1.807) is 137 Å². The zero-order valence-electron chi connectivity index (χ0n) is 61.4. The maximum absolute atomic E-state index is 9.96. The smallest absolute Gasteiger partial charge is 0.155 e. The molecule has 15 rings (SSSR count). The Bertz CT molecular complexity index is 4020. The van der Waals surface area contributed by atoms with Crippen LogP contribution < -0.4 is 31.0 Å². The van der Waals surface area contributed by atoms with E-state index in [1.807, 2.05) is 234 Å². The molecule has 0 aliphatic heterocycles. The van der Waals surface area contributed by atoms with E-state index in [0.717, 1.165) is 75.4 Å². The van der Waals surface area contributed by atoms with Crippen molar-refractivity contribution in [2.45, 2.75) is 6.92 Å². The van der Waals surface area contributed by atoms with E-state index >= 15 is 0 Å². The van der Waals surface area contributed by atoms with Crippen molar-refractivity contribution in [3.8, 4) is 69.1 Å². The molecule has 0 spiro atoms. The summed E-state index contributed by atoms with van der Waals surface area (Å²) in [4.78, 5) is 92.0. The molecule has 0 fully saturated rings. The maximum Gasteiger partial charge on any atom is 0.155 e. The predicted octanol–water partition coefficient (Wildman–Crippen LogP) is 5.99. The van der Waals surface area contributed by atoms with Crippen LogP contribution in [0.4, 0.5) is 4.39 Å². The fraction of sp³-hybridized carbons (Fsp3) is 0.139. The number of aromatic amines is 1. The first-order chi connectivity index (χ1) is 51.7. The molecule has 15 aromatic heterocycles. The number of carbonyl (C=O) groups is 3. The van der Waals surface area contributed by atoms with Crippen LogP contribution in [0.15, 0.2) is 283 Å². The Balaban J connectivity index is -0.00000115. The van der Waals surface area contributed by atoms with Gasteiger partial charge in [-0.15, -0.1) is 0 Å². The quantitative estimate of drug-likeness (QED) is 0.116. The van der Waals surface area contributed by atoms with Gasteiger partial charge in [0, 0.05) is 198 Å². The number of rotatable bonds is 8. The predicted molar refractivity (Wildman–Crippen MR) is 408 cm³/mol. The average Bonchev–Trinajstić information content (AvgIpc) is 1.75. The van der Waals surface area contributed by atoms with Crippen molar-refractivity contribution in [2.24, 2.45) is 49.3 Å². The number of carbonyl (C=O) groups excluding carboxylic acids is 3. The Morgan fingerprint density at radius 3 is 0.807 bits per heavy atom. The van der Waals surface area contributed by atoms with Crippen LogP contribution in [0.3, 0.4) is 0 Å². The number of aryl methyl sites for hydroxylation is 7. The topological polar surface area (TPSA) is 382 Å². The fourth-order valence-corrected chi connectivity index (χ4v) is 7.54. The number of aliphatic hydroxyl groups excluding tert-OH is 1. The van der Waals surface area contributed by atoms with Gasteiger partial charge in [-0.25, -0.2) is 39.9 Å². The molecule has 0 amide bonds. The normalized spacial score (nSPS) is 8.92. The second-order valence-electron chi connectivity index (χ2n) is 19.5. The first kappa shape index (κ1) is 100. The molecular weight excluding hydrogens is 1860 g/mol. The van der Waals surface area contributed by atoms with Gasteiger partial charge in [0.15, 0.2) is 53.8 Å². The molecule has 109 heavy (non-hydrogen) atoms. The summed E-state index contributed by atoms with van der Waals surface area (Å²) in [5.74, 6) is 5.30. The molecule has 7 N–H and O–H groups in total. The maximum atomic E-state index is 9.96. The summed E-state index contributed by atoms with van der Waals surface area (Å²) in [5, 5.41) is 7.57. The first-order valence-corrected chi connectivity index (χ1v) is 40.1. The van der Waals surface area contributed by atoms with Gasteiger partial charge in [0.2, 0.25) is 0 Å². The molecule has 0 aliphatic carbocycles. The van der Waals surface area contributed by atoms with Crippen LogP contribution in [-0.4, -0.2) is 155 Å². The number of hydrogen-bond acceptors (Lipinski definition) is 20. The number of imidazole rings is 8. The van der Waals surface area contributed by atoms with Gasteiger partial charge in [-0.05, 0) is 91.9 Å². The third-order valence-electron chi connectivity index (χ3n) is 12.1. The summed E-state index contributed by atoms with van der Waals surface area (Å²) in [6.45, 7) is 1.93. The average molecular weight is 1940 g/mol. The van der Waals surface area contributed by atoms with Crippen LogP contribution in [0.2, 0.25) is 0 Å². The van der Waals surface area contributed by atoms with Gasteiger partial charge in [-0.1, -0.05) is 42.5 Å². The summed E-state index contributed by atoms with van der Waals surface area (Å²) in [7, 11) is 27.1. The van der Waals surface area contributed by atoms with Crippen LogP contribution in [0, 0.1) is 0 Å². The Morgan fingerprint density at radius 1 is 0.422 bits per heavy atom. The van der Waals surface area contributed by atoms with Crippen molar-refractivity contribution < 1.29 is 88.5 Å². The number of nitrogens with one attached hydrogen (secondary N) is 1. The molecule has 0 bridgehead atoms. The number of aromatic nitrogens is 23. The van der Waals surface area contributed by atoms with Crippen LogP contribution in [0.1, 0.15) is 18.8 Å². The van der Waals surface area contributed by atoms with Gasteiger partial charge in [-0.2, -0.15) is 0 Å². The molecule has 0 aromatic carbocycles. The van der Waals surface area contributed by atoms with Gasteiger partial charge in [-0.3, -0.25) is 53.7 Å². The van der Waals surface area contributed by atoms with Gasteiger partial charge < -0.3 is 78.5 Å². The molecule has 0 unspecified atom stereocenters. The van der Waals surface area contributed by atoms with E-state index in [2.05, 4.69) is 89.4 Å². The minimum atomic E-state index is -1.00. The van der Waals surface area contributed by atoms with E-state index in [1.165, 1.54) is 17.6 Å². The van der Waals surface area contributed by atoms with Gasteiger partial charge in [0.25, 0.3) is 0 Å². The molecule has 0 saturated heterocycles. The molecule has 15 aromatic rings. The summed E-state index contributed by atoms with van der Waals surface area (Å²) >= 11 is 0.694. The van der Waals surface area contributed by atoms with Crippen LogP contribution in [-0.2, 0) is 91.9 Å². The minimum absolute atomic E-state index is 0. The van der Waals surface area contributed by atoms with Crippen molar-refractivity contribution in [3.05, 3.63) is 288 Å². The molecule has 37 heteroatoms. The summed E-state index contributed by atoms with van der Waals surface area (Å²) in [6.07, 6.45) is 45.9. The second kappa shape index (κ2) is 66.7. The number of nitrogens with zero attached hydrogens (tertiary/aromatic N) is 22. The molecule has 15 heterocycles. The standard InChI is InChI=1S/5C9H9N3.C8H7N3.C6H5NO.2C4H6N2.C2H2O2.C2H6O.CH3F.5ClH.H3N.H2O.2Os/c5*1-12-7-6-11-9(12)8-4-2-3-5-10-8;1-2-4-9-7(3-1)8-10-5-6-11-8;8-5-6-3-1-2-4-7-6;2*1-6-3-2-5-4-6;3-1-2-4;1-2-3;1-2;;;;;;;;;/h5*2-7H,1H3;1-6H,(H,10,11);1-5H;2*2-4H,1H3;1-2H;3H,2H2,1H3;1H3;5*1H;1H3;1H2;;/q;;;;;;;;;;;;;;;;;;;+1;+2/p-5/i;;;;;;;;;;;1D;;;;;;;;;. The Morgan fingerprint density at radius 2 is 0.670 bits per heavy atom. The van der Waals surface area contributed by atoms with Crippen molar-refractivity contribution in [1.29, 1.82) is 0 Å². The molecule has 583 valence electrons. The number of hydrogen-bond donors (Lipinski definition) is 3. The largest absolute Gasteiger partial charge is 0.343 e. The molecule has 0 radical (unpaired) electrons. The van der Waals surface area contributed by atoms with Crippen LogP contribution in [0.5, 0.6) is 0 Å². The van der Waals surface area contributed by atoms with Crippen molar-refractivity contribution in [2.75, 3.05) is 13.8 Å². The summed E-state index contributed by atoms with van der Waals surface area (Å²) in [5.41, 5.74) is 5.89. The zero-order valence-corrected chi connectivity index (χ0v) is 69.3. The zero-order chi connectivity index (χ0) is 77.6. The van der Waals surface area contributed by atoms with E-state index in [0.29, 0.717) is 5.69 Å². The summed E-state index contributed by atoms with van der Waals surface area (Å²) < 4.78 is 29.0. The van der Waals surface area contributed by atoms with Gasteiger partial charge in [0.05, 0.1) is 21.2 Å². The SMILES string of the molecule is CCO.Cn1ccnc1.Cn1ccnc1.Cn1ccnc1-c1ccccn1.Cn1ccnc1-c1ccccn1.Cn1ccnc1-c1ccccn1.Cn1ccnc1-c1ccccn1.Cn1ccnc1-c1ccccn1.N.O.O=CC=O.O=Cc1ccccn1.[2H]CF.[Cl-].[Cl-].[Cl][Os].[Cl][Os][Cl].c1ccc(-c2ncc[nH]2)nc1. The first-order valence-electron chi connectivity index (χ1n) is 31.3. The minimum Gasteiger partial charge on any atom is -0.343 e. The number of pyridine rings is 7. The van der Waals surface area contributed by atoms with E-state index in [4.69, 9.17) is 35.3 Å².